The Balaban J connectivity index is 1.35. The van der Waals surface area contributed by atoms with Crippen LogP contribution in [0.5, 0.6) is 5.75 Å². The summed E-state index contributed by atoms with van der Waals surface area (Å²) in [5.74, 6) is 0.533. The van der Waals surface area contributed by atoms with Gasteiger partial charge in [-0.1, -0.05) is 34.1 Å². The summed E-state index contributed by atoms with van der Waals surface area (Å²) in [5.41, 5.74) is 2.36. The fourth-order valence-corrected chi connectivity index (χ4v) is 3.70. The monoisotopic (exact) mass is 418 g/mol. The first-order chi connectivity index (χ1) is 15.0. The van der Waals surface area contributed by atoms with Crippen molar-refractivity contribution in [2.45, 2.75) is 25.6 Å². The van der Waals surface area contributed by atoms with E-state index in [2.05, 4.69) is 20.5 Å². The first-order valence-electron chi connectivity index (χ1n) is 9.64. The normalized spacial score (nSPS) is 19.9. The highest BCUT2D eigenvalue weighted by Gasteiger charge is 2.55. The van der Waals surface area contributed by atoms with Crippen LogP contribution in [0.4, 0.5) is 5.69 Å². The molecule has 3 aromatic rings. The number of nitrogens with zero attached hydrogens (tertiary/aromatic N) is 6. The molecule has 1 fully saturated rings. The Morgan fingerprint density at radius 1 is 1.10 bits per heavy atom. The molecule has 2 aliphatic rings. The van der Waals surface area contributed by atoms with Gasteiger partial charge in [-0.05, 0) is 37.3 Å². The number of aromatic nitrogens is 2. The molecule has 2 unspecified atom stereocenters. The van der Waals surface area contributed by atoms with E-state index in [0.717, 1.165) is 16.0 Å². The average Bonchev–Trinajstić information content (AvgIpc) is 3.47. The topological polar surface area (TPSA) is 113 Å². The maximum atomic E-state index is 13.1. The number of carbonyl (C=O) groups excluding carboxylic acids is 2. The van der Waals surface area contributed by atoms with Crippen molar-refractivity contribution in [3.05, 3.63) is 60.0 Å². The number of amides is 2. The lowest BCUT2D eigenvalue weighted by Gasteiger charge is -2.19. The standard InChI is InChI=1S/C21H18N6O4/c1-12-4-3-5-13(10-12)19-22-16(31-24-19)11-26-18-17(23-25-26)20(28)27(21(18)29)14-6-8-15(30-2)9-7-14/h3-10,17-18H,11H2,1-2H3. The zero-order chi connectivity index (χ0) is 21.5. The van der Waals surface area contributed by atoms with E-state index in [1.165, 1.54) is 5.01 Å². The van der Waals surface area contributed by atoms with Crippen LogP contribution >= 0.6 is 0 Å². The van der Waals surface area contributed by atoms with Crippen molar-refractivity contribution >= 4 is 17.5 Å². The molecular formula is C21H18N6O4. The Bertz CT molecular complexity index is 1190. The highest BCUT2D eigenvalue weighted by atomic mass is 16.5. The Labute approximate surface area is 177 Å². The number of methoxy groups -OCH3 is 1. The zero-order valence-electron chi connectivity index (χ0n) is 16.8. The molecule has 0 saturated carbocycles. The van der Waals surface area contributed by atoms with Crippen LogP contribution in [-0.2, 0) is 16.1 Å². The summed E-state index contributed by atoms with van der Waals surface area (Å²) >= 11 is 0. The van der Waals surface area contributed by atoms with Crippen molar-refractivity contribution in [3.63, 3.8) is 0 Å². The van der Waals surface area contributed by atoms with Crippen LogP contribution in [0.25, 0.3) is 11.4 Å². The van der Waals surface area contributed by atoms with Crippen LogP contribution in [0.1, 0.15) is 11.5 Å². The maximum Gasteiger partial charge on any atom is 0.263 e. The number of fused-ring (bicyclic) bond motifs is 1. The third kappa shape index (κ3) is 3.21. The summed E-state index contributed by atoms with van der Waals surface area (Å²) in [6.45, 7) is 2.05. The zero-order valence-corrected chi connectivity index (χ0v) is 16.8. The Morgan fingerprint density at radius 3 is 2.65 bits per heavy atom. The molecule has 5 rings (SSSR count). The SMILES string of the molecule is COc1ccc(N2C(=O)C3N=NN(Cc4nc(-c5cccc(C)c5)no4)C3C2=O)cc1. The van der Waals surface area contributed by atoms with Crippen LogP contribution in [0.2, 0.25) is 0 Å². The molecule has 10 nitrogen and oxygen atoms in total. The summed E-state index contributed by atoms with van der Waals surface area (Å²) in [6, 6.07) is 12.7. The van der Waals surface area contributed by atoms with E-state index in [1.807, 2.05) is 31.2 Å². The maximum absolute atomic E-state index is 13.1. The number of hydrogen-bond donors (Lipinski definition) is 0. The lowest BCUT2D eigenvalue weighted by Crippen LogP contribution is -2.39. The van der Waals surface area contributed by atoms with Gasteiger partial charge in [-0.15, -0.1) is 0 Å². The van der Waals surface area contributed by atoms with Gasteiger partial charge in [-0.25, -0.2) is 4.90 Å². The second-order valence-corrected chi connectivity index (χ2v) is 7.28. The molecule has 10 heteroatoms. The van der Waals surface area contributed by atoms with Crippen molar-refractivity contribution in [1.29, 1.82) is 0 Å². The van der Waals surface area contributed by atoms with Crippen LogP contribution in [0.3, 0.4) is 0 Å². The van der Waals surface area contributed by atoms with Crippen molar-refractivity contribution in [3.8, 4) is 17.1 Å². The third-order valence-electron chi connectivity index (χ3n) is 5.23. The number of aryl methyl sites for hydroxylation is 1. The summed E-state index contributed by atoms with van der Waals surface area (Å²) in [7, 11) is 1.55. The summed E-state index contributed by atoms with van der Waals surface area (Å²) in [6.07, 6.45) is 0. The Kier molecular flexibility index (Phi) is 4.46. The second-order valence-electron chi connectivity index (χ2n) is 7.28. The molecule has 0 N–H and O–H groups in total. The van der Waals surface area contributed by atoms with E-state index in [9.17, 15) is 9.59 Å². The van der Waals surface area contributed by atoms with Gasteiger partial charge in [-0.2, -0.15) is 10.1 Å². The minimum Gasteiger partial charge on any atom is -0.497 e. The van der Waals surface area contributed by atoms with Gasteiger partial charge in [0.2, 0.25) is 11.7 Å². The number of carbonyl (C=O) groups is 2. The molecule has 1 saturated heterocycles. The number of hydrogen-bond acceptors (Lipinski definition) is 9. The molecule has 0 spiro atoms. The molecule has 2 aromatic carbocycles. The van der Waals surface area contributed by atoms with Crippen LogP contribution in [0, 0.1) is 6.92 Å². The molecule has 0 aliphatic carbocycles. The second kappa shape index (κ2) is 7.31. The van der Waals surface area contributed by atoms with E-state index in [4.69, 9.17) is 9.26 Å². The van der Waals surface area contributed by atoms with Crippen LogP contribution in [-0.4, -0.2) is 46.2 Å². The first kappa shape index (κ1) is 18.9. The highest BCUT2D eigenvalue weighted by molar-refractivity contribution is 6.25. The molecule has 31 heavy (non-hydrogen) atoms. The van der Waals surface area contributed by atoms with E-state index in [0.29, 0.717) is 17.3 Å². The van der Waals surface area contributed by atoms with Gasteiger partial charge in [0, 0.05) is 5.56 Å². The van der Waals surface area contributed by atoms with Gasteiger partial charge >= 0.3 is 0 Å². The van der Waals surface area contributed by atoms with Gasteiger partial charge in [0.15, 0.2) is 12.1 Å². The fourth-order valence-electron chi connectivity index (χ4n) is 3.70. The largest absolute Gasteiger partial charge is 0.497 e. The lowest BCUT2D eigenvalue weighted by molar-refractivity contribution is -0.123. The molecule has 0 radical (unpaired) electrons. The van der Waals surface area contributed by atoms with Gasteiger partial charge in [-0.3, -0.25) is 14.6 Å². The average molecular weight is 418 g/mol. The van der Waals surface area contributed by atoms with Crippen LogP contribution < -0.4 is 9.64 Å². The van der Waals surface area contributed by atoms with Crippen molar-refractivity contribution < 1.29 is 18.8 Å². The molecule has 156 valence electrons. The van der Waals surface area contributed by atoms with Gasteiger partial charge in [0.25, 0.3) is 11.8 Å². The molecule has 1 aromatic heterocycles. The van der Waals surface area contributed by atoms with Crippen molar-refractivity contribution in [2.24, 2.45) is 10.3 Å². The number of rotatable bonds is 5. The number of benzene rings is 2. The van der Waals surface area contributed by atoms with E-state index < -0.39 is 23.9 Å². The molecular weight excluding hydrogens is 400 g/mol. The van der Waals surface area contributed by atoms with Gasteiger partial charge < -0.3 is 9.26 Å². The molecule has 0 bridgehead atoms. The summed E-state index contributed by atoms with van der Waals surface area (Å²) in [4.78, 5) is 31.4. The van der Waals surface area contributed by atoms with Gasteiger partial charge in [0.1, 0.15) is 12.3 Å². The van der Waals surface area contributed by atoms with Gasteiger partial charge in [0.05, 0.1) is 12.8 Å². The van der Waals surface area contributed by atoms with Crippen molar-refractivity contribution in [1.82, 2.24) is 15.1 Å². The summed E-state index contributed by atoms with van der Waals surface area (Å²) in [5, 5.41) is 13.5. The number of imide groups is 1. The van der Waals surface area contributed by atoms with E-state index in [-0.39, 0.29) is 12.4 Å². The lowest BCUT2D eigenvalue weighted by atomic mass is 10.1. The Hall–Kier alpha value is -4.08. The first-order valence-corrected chi connectivity index (χ1v) is 9.64. The minimum atomic E-state index is -0.895. The van der Waals surface area contributed by atoms with Crippen molar-refractivity contribution in [2.75, 3.05) is 12.0 Å². The molecule has 2 aliphatic heterocycles. The fraction of sp³-hybridized carbons (Fsp3) is 0.238. The summed E-state index contributed by atoms with van der Waals surface area (Å²) < 4.78 is 10.5. The molecule has 3 heterocycles. The number of ether oxygens (including phenoxy) is 1. The molecule has 2 amide bonds. The highest BCUT2D eigenvalue weighted by Crippen LogP contribution is 2.33. The Morgan fingerprint density at radius 2 is 1.90 bits per heavy atom. The van der Waals surface area contributed by atoms with E-state index >= 15 is 0 Å². The van der Waals surface area contributed by atoms with E-state index in [1.54, 1.807) is 31.4 Å². The smallest absolute Gasteiger partial charge is 0.263 e. The third-order valence-corrected chi connectivity index (χ3v) is 5.23. The predicted molar refractivity (Wildman–Crippen MR) is 108 cm³/mol. The van der Waals surface area contributed by atoms with Crippen LogP contribution in [0.15, 0.2) is 63.4 Å². The predicted octanol–water partition coefficient (Wildman–Crippen LogP) is 2.55. The molecule has 2 atom stereocenters. The quantitative estimate of drug-likeness (QED) is 0.585. The minimum absolute atomic E-state index is 0.0684. The number of anilines is 1.